The number of ether oxygens (including phenoxy) is 2. The van der Waals surface area contributed by atoms with Crippen molar-refractivity contribution in [3.05, 3.63) is 83.4 Å². The monoisotopic (exact) mass is 374 g/mol. The first kappa shape index (κ1) is 17.9. The molecular weight excluding hydrogens is 352 g/mol. The van der Waals surface area contributed by atoms with Crippen molar-refractivity contribution >= 4 is 17.3 Å². The van der Waals surface area contributed by atoms with Crippen LogP contribution in [0.2, 0.25) is 0 Å². The molecule has 0 saturated carbocycles. The van der Waals surface area contributed by atoms with Crippen LogP contribution in [0, 0.1) is 0 Å². The Hall–Kier alpha value is -3.47. The van der Waals surface area contributed by atoms with Crippen LogP contribution < -0.4 is 19.7 Å². The van der Waals surface area contributed by atoms with Crippen LogP contribution in [0.4, 0.5) is 11.4 Å². The molecule has 0 spiro atoms. The molecule has 3 aromatic carbocycles. The molecule has 28 heavy (non-hydrogen) atoms. The standard InChI is InChI=1S/C23H22N2O3/c1-27-21-11-19(12-22(13-21)28-2)24-23(26)16-7-9-20(10-8-16)25-14-17-5-3-4-6-18(17)15-25/h3-13H,14-15H2,1-2H3,(H,24,26). The van der Waals surface area contributed by atoms with Crippen molar-refractivity contribution in [1.82, 2.24) is 0 Å². The summed E-state index contributed by atoms with van der Waals surface area (Å²) < 4.78 is 10.5. The van der Waals surface area contributed by atoms with Crippen molar-refractivity contribution < 1.29 is 14.3 Å². The Bertz CT molecular complexity index is 952. The van der Waals surface area contributed by atoms with Crippen LogP contribution in [0.1, 0.15) is 21.5 Å². The second-order valence-electron chi connectivity index (χ2n) is 6.73. The van der Waals surface area contributed by atoms with Gasteiger partial charge in [-0.1, -0.05) is 24.3 Å². The topological polar surface area (TPSA) is 50.8 Å². The largest absolute Gasteiger partial charge is 0.497 e. The molecule has 5 nitrogen and oxygen atoms in total. The quantitative estimate of drug-likeness (QED) is 0.716. The summed E-state index contributed by atoms with van der Waals surface area (Å²) in [6.07, 6.45) is 0. The normalized spacial score (nSPS) is 12.4. The van der Waals surface area contributed by atoms with Gasteiger partial charge in [0, 0.05) is 48.2 Å². The number of hydrogen-bond acceptors (Lipinski definition) is 4. The Morgan fingerprint density at radius 2 is 1.43 bits per heavy atom. The highest BCUT2D eigenvalue weighted by Crippen LogP contribution is 2.29. The fraction of sp³-hybridized carbons (Fsp3) is 0.174. The average molecular weight is 374 g/mol. The first-order chi connectivity index (χ1) is 13.7. The molecule has 3 aromatic rings. The summed E-state index contributed by atoms with van der Waals surface area (Å²) in [4.78, 5) is 14.9. The minimum atomic E-state index is -0.174. The first-order valence-electron chi connectivity index (χ1n) is 9.12. The van der Waals surface area contributed by atoms with E-state index in [1.807, 2.05) is 24.3 Å². The summed E-state index contributed by atoms with van der Waals surface area (Å²) in [6, 6.07) is 21.5. The lowest BCUT2D eigenvalue weighted by molar-refractivity contribution is 0.102. The molecule has 1 amide bonds. The van der Waals surface area contributed by atoms with Gasteiger partial charge in [-0.2, -0.15) is 0 Å². The predicted molar refractivity (Wildman–Crippen MR) is 110 cm³/mol. The molecule has 1 N–H and O–H groups in total. The Morgan fingerprint density at radius 3 is 1.96 bits per heavy atom. The number of methoxy groups -OCH3 is 2. The molecule has 0 radical (unpaired) electrons. The average Bonchev–Trinajstić information content (AvgIpc) is 3.17. The van der Waals surface area contributed by atoms with E-state index in [1.165, 1.54) is 11.1 Å². The predicted octanol–water partition coefficient (Wildman–Crippen LogP) is 4.48. The van der Waals surface area contributed by atoms with Gasteiger partial charge in [-0.05, 0) is 35.4 Å². The lowest BCUT2D eigenvalue weighted by Gasteiger charge is -2.18. The van der Waals surface area contributed by atoms with Crippen LogP contribution in [0.25, 0.3) is 0 Å². The second kappa shape index (κ2) is 7.64. The van der Waals surface area contributed by atoms with Crippen LogP contribution in [0.15, 0.2) is 66.7 Å². The zero-order chi connectivity index (χ0) is 19.5. The van der Waals surface area contributed by atoms with Crippen molar-refractivity contribution in [2.24, 2.45) is 0 Å². The van der Waals surface area contributed by atoms with Gasteiger partial charge in [0.05, 0.1) is 14.2 Å². The molecule has 0 aliphatic carbocycles. The third-order valence-corrected chi connectivity index (χ3v) is 4.94. The van der Waals surface area contributed by atoms with E-state index in [4.69, 9.17) is 9.47 Å². The number of rotatable bonds is 5. The maximum Gasteiger partial charge on any atom is 0.255 e. The maximum atomic E-state index is 12.6. The summed E-state index contributed by atoms with van der Waals surface area (Å²) in [5.74, 6) is 1.07. The Labute approximate surface area is 164 Å². The molecule has 142 valence electrons. The lowest BCUT2D eigenvalue weighted by Crippen LogP contribution is -2.15. The van der Waals surface area contributed by atoms with Gasteiger partial charge in [0.25, 0.3) is 5.91 Å². The van der Waals surface area contributed by atoms with Gasteiger partial charge in [0.2, 0.25) is 0 Å². The highest BCUT2D eigenvalue weighted by atomic mass is 16.5. The number of carbonyl (C=O) groups is 1. The molecule has 0 unspecified atom stereocenters. The number of nitrogens with zero attached hydrogens (tertiary/aromatic N) is 1. The summed E-state index contributed by atoms with van der Waals surface area (Å²) >= 11 is 0. The number of amides is 1. The highest BCUT2D eigenvalue weighted by molar-refractivity contribution is 6.04. The van der Waals surface area contributed by atoms with E-state index in [0.29, 0.717) is 22.7 Å². The number of carbonyl (C=O) groups excluding carboxylic acids is 1. The minimum Gasteiger partial charge on any atom is -0.497 e. The Morgan fingerprint density at radius 1 is 0.857 bits per heavy atom. The number of fused-ring (bicyclic) bond motifs is 1. The zero-order valence-corrected chi connectivity index (χ0v) is 15.9. The van der Waals surface area contributed by atoms with E-state index in [-0.39, 0.29) is 5.91 Å². The van der Waals surface area contributed by atoms with Gasteiger partial charge in [0.15, 0.2) is 0 Å². The number of nitrogens with one attached hydrogen (secondary N) is 1. The first-order valence-corrected chi connectivity index (χ1v) is 9.12. The fourth-order valence-electron chi connectivity index (χ4n) is 3.42. The maximum absolute atomic E-state index is 12.6. The number of hydrogen-bond donors (Lipinski definition) is 1. The van der Waals surface area contributed by atoms with Crippen molar-refractivity contribution in [3.8, 4) is 11.5 Å². The van der Waals surface area contributed by atoms with Gasteiger partial charge in [0.1, 0.15) is 11.5 Å². The summed E-state index contributed by atoms with van der Waals surface area (Å²) in [6.45, 7) is 1.79. The molecule has 0 atom stereocenters. The summed E-state index contributed by atoms with van der Waals surface area (Å²) in [5.41, 5.74) is 5.05. The number of anilines is 2. The minimum absolute atomic E-state index is 0.174. The van der Waals surface area contributed by atoms with Gasteiger partial charge in [-0.3, -0.25) is 4.79 Å². The number of benzene rings is 3. The molecule has 0 saturated heterocycles. The van der Waals surface area contributed by atoms with E-state index >= 15 is 0 Å². The van der Waals surface area contributed by atoms with E-state index in [0.717, 1.165) is 18.8 Å². The molecular formula is C23H22N2O3. The smallest absolute Gasteiger partial charge is 0.255 e. The van der Waals surface area contributed by atoms with Crippen molar-refractivity contribution in [2.75, 3.05) is 24.4 Å². The molecule has 4 rings (SSSR count). The highest BCUT2D eigenvalue weighted by Gasteiger charge is 2.18. The van der Waals surface area contributed by atoms with Crippen LogP contribution in [0.5, 0.6) is 11.5 Å². The zero-order valence-electron chi connectivity index (χ0n) is 15.9. The summed E-state index contributed by atoms with van der Waals surface area (Å²) in [7, 11) is 3.16. The fourth-order valence-corrected chi connectivity index (χ4v) is 3.42. The van der Waals surface area contributed by atoms with E-state index in [2.05, 4.69) is 34.5 Å². The lowest BCUT2D eigenvalue weighted by atomic mass is 10.1. The van der Waals surface area contributed by atoms with E-state index < -0.39 is 0 Å². The van der Waals surface area contributed by atoms with Crippen LogP contribution >= 0.6 is 0 Å². The molecule has 1 aliphatic rings. The Kier molecular flexibility index (Phi) is 4.89. The van der Waals surface area contributed by atoms with Crippen molar-refractivity contribution in [3.63, 3.8) is 0 Å². The molecule has 1 aliphatic heterocycles. The summed E-state index contributed by atoms with van der Waals surface area (Å²) in [5, 5.41) is 2.90. The molecule has 0 fully saturated rings. The molecule has 1 heterocycles. The van der Waals surface area contributed by atoms with Crippen molar-refractivity contribution in [1.29, 1.82) is 0 Å². The van der Waals surface area contributed by atoms with Crippen molar-refractivity contribution in [2.45, 2.75) is 13.1 Å². The molecule has 0 bridgehead atoms. The second-order valence-corrected chi connectivity index (χ2v) is 6.73. The third-order valence-electron chi connectivity index (χ3n) is 4.94. The van der Waals surface area contributed by atoms with Crippen LogP contribution in [-0.2, 0) is 13.1 Å². The molecule has 0 aromatic heterocycles. The van der Waals surface area contributed by atoms with Gasteiger partial charge in [-0.15, -0.1) is 0 Å². The van der Waals surface area contributed by atoms with Crippen LogP contribution in [0.3, 0.4) is 0 Å². The van der Waals surface area contributed by atoms with E-state index in [1.54, 1.807) is 32.4 Å². The van der Waals surface area contributed by atoms with E-state index in [9.17, 15) is 4.79 Å². The third kappa shape index (κ3) is 3.64. The van der Waals surface area contributed by atoms with Crippen LogP contribution in [-0.4, -0.2) is 20.1 Å². The Balaban J connectivity index is 1.46. The van der Waals surface area contributed by atoms with Gasteiger partial charge in [-0.25, -0.2) is 0 Å². The molecule has 5 heteroatoms. The SMILES string of the molecule is COc1cc(NC(=O)c2ccc(N3Cc4ccccc4C3)cc2)cc(OC)c1. The van der Waals surface area contributed by atoms with Gasteiger partial charge >= 0.3 is 0 Å². The van der Waals surface area contributed by atoms with Gasteiger partial charge < -0.3 is 19.7 Å².